The standard InChI is InChI=1S/C21H22FN3O3S/c1-27-17-6-7-18-19(12-17)29-21(24-18)28-16-8-10-25(11-9-16)20(26)23-13-14-2-4-15(22)5-3-14/h2-7,12,16H,8-11,13H2,1H3,(H,23,26). The Hall–Kier alpha value is -2.87. The molecule has 1 fully saturated rings. The molecule has 1 saturated heterocycles. The average molecular weight is 415 g/mol. The van der Waals surface area contributed by atoms with E-state index in [1.165, 1.54) is 23.5 Å². The van der Waals surface area contributed by atoms with Crippen LogP contribution in [0.2, 0.25) is 0 Å². The van der Waals surface area contributed by atoms with E-state index in [0.29, 0.717) is 24.8 Å². The van der Waals surface area contributed by atoms with Crippen molar-refractivity contribution in [2.75, 3.05) is 20.2 Å². The number of benzene rings is 2. The summed E-state index contributed by atoms with van der Waals surface area (Å²) in [6.45, 7) is 1.63. The third kappa shape index (κ3) is 4.76. The van der Waals surface area contributed by atoms with Crippen LogP contribution in [0.3, 0.4) is 0 Å². The molecule has 2 aromatic carbocycles. The maximum atomic E-state index is 12.9. The number of methoxy groups -OCH3 is 1. The molecule has 1 aliphatic heterocycles. The van der Waals surface area contributed by atoms with Crippen molar-refractivity contribution in [3.05, 3.63) is 53.8 Å². The summed E-state index contributed by atoms with van der Waals surface area (Å²) in [4.78, 5) is 18.7. The van der Waals surface area contributed by atoms with Crippen molar-refractivity contribution in [3.63, 3.8) is 0 Å². The van der Waals surface area contributed by atoms with E-state index in [9.17, 15) is 9.18 Å². The molecule has 0 bridgehead atoms. The lowest BCUT2D eigenvalue weighted by Crippen LogP contribution is -2.46. The first-order valence-corrected chi connectivity index (χ1v) is 10.3. The molecule has 0 unspecified atom stereocenters. The number of nitrogens with zero attached hydrogens (tertiary/aromatic N) is 2. The zero-order valence-corrected chi connectivity index (χ0v) is 16.9. The summed E-state index contributed by atoms with van der Waals surface area (Å²) in [5, 5.41) is 3.53. The number of urea groups is 1. The molecule has 1 N–H and O–H groups in total. The highest BCUT2D eigenvalue weighted by molar-refractivity contribution is 7.20. The molecule has 0 spiro atoms. The van der Waals surface area contributed by atoms with Crippen LogP contribution in [0, 0.1) is 5.82 Å². The molecule has 2 heterocycles. The number of hydrogen-bond donors (Lipinski definition) is 1. The largest absolute Gasteiger partial charge is 0.497 e. The molecule has 4 rings (SSSR count). The first kappa shape index (κ1) is 19.4. The lowest BCUT2D eigenvalue weighted by atomic mass is 10.1. The number of hydrogen-bond acceptors (Lipinski definition) is 5. The third-order valence-electron chi connectivity index (χ3n) is 4.93. The molecule has 1 aromatic heterocycles. The Balaban J connectivity index is 1.26. The molecule has 0 atom stereocenters. The Morgan fingerprint density at radius 1 is 1.24 bits per heavy atom. The van der Waals surface area contributed by atoms with E-state index in [0.717, 1.165) is 34.4 Å². The fourth-order valence-electron chi connectivity index (χ4n) is 3.27. The van der Waals surface area contributed by atoms with E-state index in [1.54, 1.807) is 24.1 Å². The molecule has 3 aromatic rings. The van der Waals surface area contributed by atoms with E-state index in [4.69, 9.17) is 9.47 Å². The minimum absolute atomic E-state index is 0.0404. The summed E-state index contributed by atoms with van der Waals surface area (Å²) >= 11 is 1.50. The number of carbonyl (C=O) groups excluding carboxylic acids is 1. The lowest BCUT2D eigenvalue weighted by Gasteiger charge is -2.31. The average Bonchev–Trinajstić information content (AvgIpc) is 3.15. The van der Waals surface area contributed by atoms with Crippen molar-refractivity contribution in [1.29, 1.82) is 0 Å². The topological polar surface area (TPSA) is 63.7 Å². The molecule has 1 aliphatic rings. The van der Waals surface area contributed by atoms with Crippen molar-refractivity contribution in [3.8, 4) is 10.9 Å². The van der Waals surface area contributed by atoms with Gasteiger partial charge in [0, 0.05) is 32.5 Å². The summed E-state index contributed by atoms with van der Waals surface area (Å²) in [5.41, 5.74) is 1.76. The van der Waals surface area contributed by atoms with Gasteiger partial charge in [-0.25, -0.2) is 14.2 Å². The van der Waals surface area contributed by atoms with Gasteiger partial charge in [0.25, 0.3) is 5.19 Å². The number of likely N-dealkylation sites (tertiary alicyclic amines) is 1. The number of halogens is 1. The van der Waals surface area contributed by atoms with Crippen molar-refractivity contribution in [2.45, 2.75) is 25.5 Å². The van der Waals surface area contributed by atoms with E-state index in [2.05, 4.69) is 10.3 Å². The Kier molecular flexibility index (Phi) is 5.80. The van der Waals surface area contributed by atoms with Crippen molar-refractivity contribution in [1.82, 2.24) is 15.2 Å². The van der Waals surface area contributed by atoms with Crippen LogP contribution in [0.5, 0.6) is 10.9 Å². The molecule has 152 valence electrons. The zero-order chi connectivity index (χ0) is 20.2. The van der Waals surface area contributed by atoms with Crippen molar-refractivity contribution in [2.24, 2.45) is 0 Å². The fourth-order valence-corrected chi connectivity index (χ4v) is 4.18. The summed E-state index contributed by atoms with van der Waals surface area (Å²) in [6.07, 6.45) is 1.55. The van der Waals surface area contributed by atoms with Gasteiger partial charge in [-0.1, -0.05) is 23.5 Å². The highest BCUT2D eigenvalue weighted by Gasteiger charge is 2.24. The van der Waals surface area contributed by atoms with Gasteiger partial charge in [0.2, 0.25) is 0 Å². The summed E-state index contributed by atoms with van der Waals surface area (Å²) in [7, 11) is 1.64. The van der Waals surface area contributed by atoms with Gasteiger partial charge < -0.3 is 19.7 Å². The number of ether oxygens (including phenoxy) is 2. The molecular weight excluding hydrogens is 393 g/mol. The second kappa shape index (κ2) is 8.65. The van der Waals surface area contributed by atoms with E-state index in [1.807, 2.05) is 18.2 Å². The zero-order valence-electron chi connectivity index (χ0n) is 16.1. The van der Waals surface area contributed by atoms with Gasteiger partial charge >= 0.3 is 6.03 Å². The van der Waals surface area contributed by atoms with Gasteiger partial charge in [0.15, 0.2) is 0 Å². The maximum absolute atomic E-state index is 12.9. The molecule has 8 heteroatoms. The third-order valence-corrected chi connectivity index (χ3v) is 5.84. The van der Waals surface area contributed by atoms with Gasteiger partial charge in [-0.2, -0.15) is 0 Å². The monoisotopic (exact) mass is 415 g/mol. The molecular formula is C21H22FN3O3S. The highest BCUT2D eigenvalue weighted by Crippen LogP contribution is 2.32. The summed E-state index contributed by atoms with van der Waals surface area (Å²) in [5.74, 6) is 0.516. The Morgan fingerprint density at radius 3 is 2.72 bits per heavy atom. The predicted octanol–water partition coefficient (Wildman–Crippen LogP) is 4.20. The molecule has 0 saturated carbocycles. The maximum Gasteiger partial charge on any atom is 0.317 e. The van der Waals surface area contributed by atoms with Gasteiger partial charge in [0.1, 0.15) is 17.7 Å². The molecule has 29 heavy (non-hydrogen) atoms. The molecule has 0 radical (unpaired) electrons. The number of nitrogens with one attached hydrogen (secondary N) is 1. The predicted molar refractivity (Wildman–Crippen MR) is 110 cm³/mol. The second-order valence-electron chi connectivity index (χ2n) is 6.90. The molecule has 6 nitrogen and oxygen atoms in total. The molecule has 0 aliphatic carbocycles. The first-order valence-electron chi connectivity index (χ1n) is 9.49. The van der Waals surface area contributed by atoms with Crippen molar-refractivity contribution < 1.29 is 18.7 Å². The minimum atomic E-state index is -0.283. The number of piperidine rings is 1. The lowest BCUT2D eigenvalue weighted by molar-refractivity contribution is 0.111. The number of fused-ring (bicyclic) bond motifs is 1. The Labute approximate surface area is 172 Å². The Bertz CT molecular complexity index is 985. The second-order valence-corrected chi connectivity index (χ2v) is 7.90. The van der Waals surface area contributed by atoms with Gasteiger partial charge in [-0.15, -0.1) is 0 Å². The number of aromatic nitrogens is 1. The fraction of sp³-hybridized carbons (Fsp3) is 0.333. The van der Waals surface area contributed by atoms with Gasteiger partial charge in [-0.05, 0) is 35.9 Å². The van der Waals surface area contributed by atoms with Crippen LogP contribution < -0.4 is 14.8 Å². The van der Waals surface area contributed by atoms with Crippen LogP contribution in [0.1, 0.15) is 18.4 Å². The van der Waals surface area contributed by atoms with Crippen LogP contribution >= 0.6 is 11.3 Å². The van der Waals surface area contributed by atoms with E-state index < -0.39 is 0 Å². The minimum Gasteiger partial charge on any atom is -0.497 e. The van der Waals surface area contributed by atoms with Crippen LogP contribution in [0.4, 0.5) is 9.18 Å². The highest BCUT2D eigenvalue weighted by atomic mass is 32.1. The van der Waals surface area contributed by atoms with Crippen LogP contribution in [-0.2, 0) is 6.54 Å². The molecule has 2 amide bonds. The Morgan fingerprint density at radius 2 is 2.00 bits per heavy atom. The normalized spacial score (nSPS) is 14.8. The van der Waals surface area contributed by atoms with Gasteiger partial charge in [-0.3, -0.25) is 0 Å². The van der Waals surface area contributed by atoms with Crippen LogP contribution in [-0.4, -0.2) is 42.2 Å². The SMILES string of the molecule is COc1ccc2nc(OC3CCN(C(=O)NCc4ccc(F)cc4)CC3)sc2c1. The number of carbonyl (C=O) groups is 1. The van der Waals surface area contributed by atoms with E-state index >= 15 is 0 Å². The summed E-state index contributed by atoms with van der Waals surface area (Å²) in [6, 6.07) is 11.8. The number of thiazole rings is 1. The van der Waals surface area contributed by atoms with E-state index in [-0.39, 0.29) is 18.0 Å². The first-order chi connectivity index (χ1) is 14.1. The van der Waals surface area contributed by atoms with Crippen molar-refractivity contribution >= 4 is 27.6 Å². The smallest absolute Gasteiger partial charge is 0.317 e. The van der Waals surface area contributed by atoms with Crippen LogP contribution in [0.15, 0.2) is 42.5 Å². The number of rotatable bonds is 5. The van der Waals surface area contributed by atoms with Crippen LogP contribution in [0.25, 0.3) is 10.2 Å². The number of amides is 2. The quantitative estimate of drug-likeness (QED) is 0.679. The van der Waals surface area contributed by atoms with Gasteiger partial charge in [0.05, 0.1) is 17.3 Å². The summed E-state index contributed by atoms with van der Waals surface area (Å²) < 4.78 is 25.3.